The minimum atomic E-state index is 0.547. The maximum atomic E-state index is 4.49. The summed E-state index contributed by atoms with van der Waals surface area (Å²) in [6.45, 7) is 7.39. The fraction of sp³-hybridized carbons (Fsp3) is 0.500. The van der Waals surface area contributed by atoms with E-state index in [4.69, 9.17) is 0 Å². The second-order valence-electron chi connectivity index (χ2n) is 6.63. The van der Waals surface area contributed by atoms with Crippen LogP contribution in [0.25, 0.3) is 0 Å². The molecular formula is C18H28N6. The lowest BCUT2D eigenvalue weighted by Gasteiger charge is -2.14. The van der Waals surface area contributed by atoms with Crippen molar-refractivity contribution in [2.45, 2.75) is 33.6 Å². The largest absolute Gasteiger partial charge is 0.354 e. The quantitative estimate of drug-likeness (QED) is 0.718. The summed E-state index contributed by atoms with van der Waals surface area (Å²) in [6.07, 6.45) is 2.29. The van der Waals surface area contributed by atoms with Gasteiger partial charge in [-0.2, -0.15) is 15.0 Å². The highest BCUT2D eigenvalue weighted by atomic mass is 15.3. The van der Waals surface area contributed by atoms with E-state index in [1.165, 1.54) is 12.0 Å². The van der Waals surface area contributed by atoms with Gasteiger partial charge in [-0.1, -0.05) is 26.0 Å². The molecule has 1 aromatic carbocycles. The molecular weight excluding hydrogens is 300 g/mol. The van der Waals surface area contributed by atoms with Gasteiger partial charge in [-0.3, -0.25) is 0 Å². The molecule has 0 aliphatic carbocycles. The normalized spacial score (nSPS) is 10.8. The predicted molar refractivity (Wildman–Crippen MR) is 101 cm³/mol. The van der Waals surface area contributed by atoms with Crippen LogP contribution in [0.1, 0.15) is 32.3 Å². The number of benzene rings is 1. The first-order valence-corrected chi connectivity index (χ1v) is 8.45. The van der Waals surface area contributed by atoms with E-state index in [1.807, 2.05) is 31.1 Å². The Balaban J connectivity index is 2.12. The molecule has 24 heavy (non-hydrogen) atoms. The number of hydrogen-bond donors (Lipinski definition) is 2. The smallest absolute Gasteiger partial charge is 0.233 e. The van der Waals surface area contributed by atoms with Gasteiger partial charge in [0.1, 0.15) is 0 Å². The minimum absolute atomic E-state index is 0.547. The number of hydrogen-bond acceptors (Lipinski definition) is 6. The van der Waals surface area contributed by atoms with Crippen molar-refractivity contribution in [1.29, 1.82) is 0 Å². The monoisotopic (exact) mass is 328 g/mol. The molecule has 0 aliphatic rings. The summed E-state index contributed by atoms with van der Waals surface area (Å²) in [7, 11) is 3.85. The average Bonchev–Trinajstić information content (AvgIpc) is 2.51. The standard InChI is InChI=1S/C18H28N6/c1-13(2)8-7-11-19-16-21-17(23-18(22-16)24(4)5)20-15-10-6-9-14(3)12-15/h6,9-10,12-13H,7-8,11H2,1-5H3,(H2,19,20,21,22,23). The van der Waals surface area contributed by atoms with E-state index >= 15 is 0 Å². The van der Waals surface area contributed by atoms with Crippen LogP contribution >= 0.6 is 0 Å². The van der Waals surface area contributed by atoms with Gasteiger partial charge < -0.3 is 15.5 Å². The third-order valence-corrected chi connectivity index (χ3v) is 3.54. The van der Waals surface area contributed by atoms with Crippen molar-refractivity contribution in [3.63, 3.8) is 0 Å². The number of rotatable bonds is 8. The molecule has 0 saturated carbocycles. The van der Waals surface area contributed by atoms with E-state index in [9.17, 15) is 0 Å². The summed E-state index contributed by atoms with van der Waals surface area (Å²) in [4.78, 5) is 15.3. The molecule has 2 N–H and O–H groups in total. The molecule has 130 valence electrons. The first kappa shape index (κ1) is 18.0. The van der Waals surface area contributed by atoms with Gasteiger partial charge in [-0.15, -0.1) is 0 Å². The minimum Gasteiger partial charge on any atom is -0.354 e. The molecule has 6 nitrogen and oxygen atoms in total. The maximum Gasteiger partial charge on any atom is 0.233 e. The van der Waals surface area contributed by atoms with E-state index < -0.39 is 0 Å². The van der Waals surface area contributed by atoms with E-state index in [2.05, 4.69) is 58.5 Å². The lowest BCUT2D eigenvalue weighted by atomic mass is 10.1. The van der Waals surface area contributed by atoms with E-state index in [0.29, 0.717) is 23.8 Å². The number of nitrogens with zero attached hydrogens (tertiary/aromatic N) is 4. The Morgan fingerprint density at radius 2 is 1.83 bits per heavy atom. The highest BCUT2D eigenvalue weighted by molar-refractivity contribution is 5.56. The highest BCUT2D eigenvalue weighted by Gasteiger charge is 2.08. The third-order valence-electron chi connectivity index (χ3n) is 3.54. The lowest BCUT2D eigenvalue weighted by Crippen LogP contribution is -2.17. The second-order valence-corrected chi connectivity index (χ2v) is 6.63. The molecule has 2 aromatic rings. The van der Waals surface area contributed by atoms with Gasteiger partial charge in [-0.05, 0) is 43.4 Å². The van der Waals surface area contributed by atoms with Crippen LogP contribution in [0, 0.1) is 12.8 Å². The molecule has 0 bridgehead atoms. The van der Waals surface area contributed by atoms with Gasteiger partial charge in [0, 0.05) is 26.3 Å². The average molecular weight is 328 g/mol. The fourth-order valence-corrected chi connectivity index (χ4v) is 2.26. The molecule has 2 rings (SSSR count). The van der Waals surface area contributed by atoms with Gasteiger partial charge in [0.15, 0.2) is 0 Å². The summed E-state index contributed by atoms with van der Waals surface area (Å²) >= 11 is 0. The molecule has 1 heterocycles. The molecule has 0 atom stereocenters. The van der Waals surface area contributed by atoms with Crippen LogP contribution in [-0.2, 0) is 0 Å². The lowest BCUT2D eigenvalue weighted by molar-refractivity contribution is 0.566. The van der Waals surface area contributed by atoms with E-state index in [-0.39, 0.29) is 0 Å². The van der Waals surface area contributed by atoms with E-state index in [0.717, 1.165) is 18.7 Å². The molecule has 6 heteroatoms. The van der Waals surface area contributed by atoms with Crippen molar-refractivity contribution in [2.24, 2.45) is 5.92 Å². The van der Waals surface area contributed by atoms with Gasteiger partial charge in [-0.25, -0.2) is 0 Å². The predicted octanol–water partition coefficient (Wildman–Crippen LogP) is 3.84. The summed E-state index contributed by atoms with van der Waals surface area (Å²) in [5, 5.41) is 6.56. The molecule has 0 saturated heterocycles. The van der Waals surface area contributed by atoms with Crippen LogP contribution in [0.5, 0.6) is 0 Å². The van der Waals surface area contributed by atoms with Crippen LogP contribution in [0.4, 0.5) is 23.5 Å². The molecule has 0 fully saturated rings. The molecule has 0 aliphatic heterocycles. The Hall–Kier alpha value is -2.37. The SMILES string of the molecule is Cc1cccc(Nc2nc(NCCCC(C)C)nc(N(C)C)n2)c1. The Labute approximate surface area is 144 Å². The molecule has 1 aromatic heterocycles. The third kappa shape index (κ3) is 5.68. The number of anilines is 4. The summed E-state index contributed by atoms with van der Waals surface area (Å²) in [5.41, 5.74) is 2.16. The maximum absolute atomic E-state index is 4.49. The molecule has 0 amide bonds. The van der Waals surface area contributed by atoms with Crippen molar-refractivity contribution in [1.82, 2.24) is 15.0 Å². The van der Waals surface area contributed by atoms with Gasteiger partial charge in [0.05, 0.1) is 0 Å². The van der Waals surface area contributed by atoms with Crippen molar-refractivity contribution in [3.05, 3.63) is 29.8 Å². The van der Waals surface area contributed by atoms with Crippen LogP contribution in [-0.4, -0.2) is 35.6 Å². The first-order chi connectivity index (χ1) is 11.4. The zero-order chi connectivity index (χ0) is 17.5. The Morgan fingerprint density at radius 1 is 1.08 bits per heavy atom. The van der Waals surface area contributed by atoms with Crippen LogP contribution in [0.15, 0.2) is 24.3 Å². The fourth-order valence-electron chi connectivity index (χ4n) is 2.26. The van der Waals surface area contributed by atoms with Crippen LogP contribution in [0.3, 0.4) is 0 Å². The van der Waals surface area contributed by atoms with Crippen molar-refractivity contribution < 1.29 is 0 Å². The Bertz CT molecular complexity index is 654. The van der Waals surface area contributed by atoms with Gasteiger partial charge in [0.2, 0.25) is 17.8 Å². The number of nitrogens with one attached hydrogen (secondary N) is 2. The van der Waals surface area contributed by atoms with Crippen molar-refractivity contribution >= 4 is 23.5 Å². The zero-order valence-electron chi connectivity index (χ0n) is 15.3. The summed E-state index contributed by atoms with van der Waals surface area (Å²) in [6, 6.07) is 8.14. The molecule has 0 unspecified atom stereocenters. The number of aryl methyl sites for hydroxylation is 1. The van der Waals surface area contributed by atoms with Gasteiger partial charge >= 0.3 is 0 Å². The van der Waals surface area contributed by atoms with Crippen LogP contribution < -0.4 is 15.5 Å². The first-order valence-electron chi connectivity index (χ1n) is 8.45. The Morgan fingerprint density at radius 3 is 2.50 bits per heavy atom. The molecule has 0 spiro atoms. The Kier molecular flexibility index (Phi) is 6.35. The number of aromatic nitrogens is 3. The second kappa shape index (κ2) is 8.47. The van der Waals surface area contributed by atoms with Gasteiger partial charge in [0.25, 0.3) is 0 Å². The highest BCUT2D eigenvalue weighted by Crippen LogP contribution is 2.18. The summed E-state index contributed by atoms with van der Waals surface area (Å²) in [5.74, 6) is 2.49. The summed E-state index contributed by atoms with van der Waals surface area (Å²) < 4.78 is 0. The topological polar surface area (TPSA) is 66.0 Å². The van der Waals surface area contributed by atoms with E-state index in [1.54, 1.807) is 0 Å². The molecule has 0 radical (unpaired) electrons. The van der Waals surface area contributed by atoms with Crippen molar-refractivity contribution in [3.8, 4) is 0 Å². The zero-order valence-corrected chi connectivity index (χ0v) is 15.3. The van der Waals surface area contributed by atoms with Crippen molar-refractivity contribution in [2.75, 3.05) is 36.2 Å². The van der Waals surface area contributed by atoms with Crippen LogP contribution in [0.2, 0.25) is 0 Å².